The molecule has 7 atom stereocenters. The largest absolute Gasteiger partial charge is 0.393 e. The molecule has 4 heteroatoms. The Balaban J connectivity index is 1.78. The highest BCUT2D eigenvalue weighted by Gasteiger charge is 2.50. The number of rotatable bonds is 5. The van der Waals surface area contributed by atoms with E-state index >= 15 is 0 Å². The van der Waals surface area contributed by atoms with Gasteiger partial charge < -0.3 is 20.4 Å². The lowest BCUT2D eigenvalue weighted by molar-refractivity contribution is -0.0886. The van der Waals surface area contributed by atoms with Gasteiger partial charge in [-0.05, 0) is 93.6 Å². The van der Waals surface area contributed by atoms with E-state index in [1.165, 1.54) is 24.8 Å². The molecule has 0 amide bonds. The van der Waals surface area contributed by atoms with Gasteiger partial charge in [0, 0.05) is 6.42 Å². The molecule has 32 heavy (non-hydrogen) atoms. The van der Waals surface area contributed by atoms with E-state index in [0.29, 0.717) is 30.6 Å². The van der Waals surface area contributed by atoms with Crippen molar-refractivity contribution in [2.75, 3.05) is 0 Å². The molecule has 3 fully saturated rings. The molecule has 0 aromatic rings. The summed E-state index contributed by atoms with van der Waals surface area (Å²) < 4.78 is 0. The van der Waals surface area contributed by atoms with E-state index in [0.717, 1.165) is 24.0 Å². The van der Waals surface area contributed by atoms with Crippen LogP contribution in [0.5, 0.6) is 0 Å². The Morgan fingerprint density at radius 3 is 2.47 bits per heavy atom. The number of fused-ring (bicyclic) bond motifs is 1. The molecule has 0 heterocycles. The fraction of sp³-hybridized carbons (Fsp3) is 0.714. The minimum atomic E-state index is -1.26. The van der Waals surface area contributed by atoms with Crippen LogP contribution in [-0.4, -0.2) is 43.8 Å². The minimum Gasteiger partial charge on any atom is -0.393 e. The number of hydrogen-bond donors (Lipinski definition) is 4. The standard InChI is InChI=1S/C28H44O4/c1-18(13-15-28(6,32)26(3,4)31)23-11-12-24-20(8-7-14-27(23,24)5)9-10-21-16-22(29)17-25(30)19(21)2/h9-10,13,15,18,22-25,29-32H,2,7-8,11-12,14,16-17H2,1,3-6H3/b15-13+,20-9+,21-10-/t18-,22-,23-,24+,25+,27-,28?/m1/s1. The molecule has 0 saturated heterocycles. The maximum Gasteiger partial charge on any atom is 0.108 e. The summed E-state index contributed by atoms with van der Waals surface area (Å²) in [6.45, 7) is 13.7. The van der Waals surface area contributed by atoms with Crippen LogP contribution in [0.25, 0.3) is 0 Å². The molecule has 3 rings (SSSR count). The smallest absolute Gasteiger partial charge is 0.108 e. The van der Waals surface area contributed by atoms with Gasteiger partial charge in [-0.15, -0.1) is 0 Å². The second kappa shape index (κ2) is 9.21. The summed E-state index contributed by atoms with van der Waals surface area (Å²) in [5.41, 5.74) is 0.958. The summed E-state index contributed by atoms with van der Waals surface area (Å²) in [7, 11) is 0. The van der Waals surface area contributed by atoms with Crippen molar-refractivity contribution in [3.63, 3.8) is 0 Å². The second-order valence-electron chi connectivity index (χ2n) is 11.6. The summed E-state index contributed by atoms with van der Waals surface area (Å²) in [5, 5.41) is 41.1. The van der Waals surface area contributed by atoms with Crippen LogP contribution in [-0.2, 0) is 0 Å². The summed E-state index contributed by atoms with van der Waals surface area (Å²) in [4.78, 5) is 0. The fourth-order valence-corrected chi connectivity index (χ4v) is 6.29. The Hall–Kier alpha value is -1.20. The Bertz CT molecular complexity index is 797. The molecule has 1 unspecified atom stereocenters. The predicted molar refractivity (Wildman–Crippen MR) is 130 cm³/mol. The summed E-state index contributed by atoms with van der Waals surface area (Å²) in [5.74, 6) is 1.39. The monoisotopic (exact) mass is 444 g/mol. The molecule has 3 saturated carbocycles. The molecular formula is C28H44O4. The Kier molecular flexibility index (Phi) is 7.32. The quantitative estimate of drug-likeness (QED) is 0.457. The summed E-state index contributed by atoms with van der Waals surface area (Å²) >= 11 is 0. The van der Waals surface area contributed by atoms with E-state index in [9.17, 15) is 20.4 Å². The predicted octanol–water partition coefficient (Wildman–Crippen LogP) is 4.84. The first-order valence-corrected chi connectivity index (χ1v) is 12.4. The number of allylic oxidation sites excluding steroid dienone is 4. The molecule has 4 N–H and O–H groups in total. The molecule has 0 aliphatic heterocycles. The maximum absolute atomic E-state index is 10.6. The fourth-order valence-electron chi connectivity index (χ4n) is 6.29. The van der Waals surface area contributed by atoms with Gasteiger partial charge in [0.15, 0.2) is 0 Å². The Morgan fingerprint density at radius 2 is 1.81 bits per heavy atom. The zero-order valence-corrected chi connectivity index (χ0v) is 20.6. The average Bonchev–Trinajstić information content (AvgIpc) is 3.04. The van der Waals surface area contributed by atoms with Crippen LogP contribution >= 0.6 is 0 Å². The van der Waals surface area contributed by atoms with E-state index in [1.807, 2.05) is 0 Å². The third-order valence-electron chi connectivity index (χ3n) is 8.90. The normalized spacial score (nSPS) is 39.5. The molecule has 0 radical (unpaired) electrons. The van der Waals surface area contributed by atoms with E-state index in [4.69, 9.17) is 0 Å². The molecule has 0 bridgehead atoms. The highest BCUT2D eigenvalue weighted by molar-refractivity contribution is 5.38. The van der Waals surface area contributed by atoms with E-state index < -0.39 is 23.4 Å². The van der Waals surface area contributed by atoms with Crippen LogP contribution in [0.1, 0.15) is 79.6 Å². The summed E-state index contributed by atoms with van der Waals surface area (Å²) in [6, 6.07) is 0. The van der Waals surface area contributed by atoms with Crippen LogP contribution in [0, 0.1) is 23.2 Å². The molecule has 180 valence electrons. The molecule has 4 nitrogen and oxygen atoms in total. The van der Waals surface area contributed by atoms with Gasteiger partial charge in [0.2, 0.25) is 0 Å². The van der Waals surface area contributed by atoms with Gasteiger partial charge in [0.1, 0.15) is 5.60 Å². The zero-order chi connectivity index (χ0) is 23.9. The van der Waals surface area contributed by atoms with Crippen LogP contribution in [0.4, 0.5) is 0 Å². The van der Waals surface area contributed by atoms with E-state index in [2.05, 4.69) is 38.7 Å². The number of aliphatic hydroxyl groups is 4. The third kappa shape index (κ3) is 4.99. The molecule has 0 aromatic carbocycles. The van der Waals surface area contributed by atoms with E-state index in [1.54, 1.807) is 26.8 Å². The highest BCUT2D eigenvalue weighted by atomic mass is 16.3. The van der Waals surface area contributed by atoms with Crippen molar-refractivity contribution in [3.05, 3.63) is 47.6 Å². The topological polar surface area (TPSA) is 80.9 Å². The Morgan fingerprint density at radius 1 is 1.12 bits per heavy atom. The molecule has 0 aromatic heterocycles. The first-order chi connectivity index (χ1) is 14.8. The van der Waals surface area contributed by atoms with Gasteiger partial charge in [-0.1, -0.05) is 50.3 Å². The van der Waals surface area contributed by atoms with Crippen molar-refractivity contribution in [3.8, 4) is 0 Å². The van der Waals surface area contributed by atoms with Crippen LogP contribution in [0.3, 0.4) is 0 Å². The minimum absolute atomic E-state index is 0.218. The van der Waals surface area contributed by atoms with E-state index in [-0.39, 0.29) is 5.41 Å². The van der Waals surface area contributed by atoms with Crippen molar-refractivity contribution in [2.24, 2.45) is 23.2 Å². The molecule has 3 aliphatic carbocycles. The van der Waals surface area contributed by atoms with Crippen molar-refractivity contribution in [2.45, 2.75) is 103 Å². The van der Waals surface area contributed by atoms with Gasteiger partial charge in [0.25, 0.3) is 0 Å². The van der Waals surface area contributed by atoms with Crippen LogP contribution < -0.4 is 0 Å². The van der Waals surface area contributed by atoms with Crippen LogP contribution in [0.2, 0.25) is 0 Å². The number of hydrogen-bond acceptors (Lipinski definition) is 4. The first-order valence-electron chi connectivity index (χ1n) is 12.4. The van der Waals surface area contributed by atoms with Crippen molar-refractivity contribution >= 4 is 0 Å². The second-order valence-corrected chi connectivity index (χ2v) is 11.6. The lowest BCUT2D eigenvalue weighted by atomic mass is 9.61. The zero-order valence-electron chi connectivity index (χ0n) is 20.6. The molecule has 3 aliphatic rings. The number of aliphatic hydroxyl groups excluding tert-OH is 2. The SMILES string of the molecule is C=C1/C(=C\C=C2/CCC[C@]3(C)[C@@H]([C@H](C)/C=C/C(C)(O)C(C)(C)O)CC[C@@H]23)C[C@@H](O)C[C@@H]1O. The lowest BCUT2D eigenvalue weighted by Crippen LogP contribution is -2.46. The van der Waals surface area contributed by atoms with Crippen molar-refractivity contribution < 1.29 is 20.4 Å². The van der Waals surface area contributed by atoms with Gasteiger partial charge >= 0.3 is 0 Å². The maximum atomic E-state index is 10.6. The average molecular weight is 445 g/mol. The Labute approximate surface area is 194 Å². The highest BCUT2D eigenvalue weighted by Crippen LogP contribution is 2.59. The van der Waals surface area contributed by atoms with Gasteiger partial charge in [-0.25, -0.2) is 0 Å². The molecule has 0 spiro atoms. The third-order valence-corrected chi connectivity index (χ3v) is 8.90. The summed E-state index contributed by atoms with van der Waals surface area (Å²) in [6.07, 6.45) is 13.8. The van der Waals surface area contributed by atoms with Gasteiger partial charge in [-0.3, -0.25) is 0 Å². The van der Waals surface area contributed by atoms with Crippen molar-refractivity contribution in [1.29, 1.82) is 0 Å². The van der Waals surface area contributed by atoms with Gasteiger partial charge in [-0.2, -0.15) is 0 Å². The van der Waals surface area contributed by atoms with Gasteiger partial charge in [0.05, 0.1) is 17.8 Å². The van der Waals surface area contributed by atoms with Crippen molar-refractivity contribution in [1.82, 2.24) is 0 Å². The molecular weight excluding hydrogens is 400 g/mol. The van der Waals surface area contributed by atoms with Crippen LogP contribution in [0.15, 0.2) is 47.6 Å². The lowest BCUT2D eigenvalue weighted by Gasteiger charge is -2.44. The first kappa shape index (κ1) is 25.4.